The first-order valence-electron chi connectivity index (χ1n) is 2.84. The second-order valence-corrected chi connectivity index (χ2v) is 4.56. The molecule has 12 heavy (non-hydrogen) atoms. The van der Waals surface area contributed by atoms with Crippen molar-refractivity contribution in [1.82, 2.24) is 0 Å². The van der Waals surface area contributed by atoms with E-state index in [1.807, 2.05) is 0 Å². The molecule has 0 aromatic rings. The van der Waals surface area contributed by atoms with Gasteiger partial charge in [-0.1, -0.05) is 11.8 Å². The van der Waals surface area contributed by atoms with E-state index in [0.29, 0.717) is 12.2 Å². The van der Waals surface area contributed by atoms with Gasteiger partial charge in [0.1, 0.15) is 0 Å². The van der Waals surface area contributed by atoms with E-state index in [2.05, 4.69) is 0 Å². The Balaban J connectivity index is 0. The fourth-order valence-electron chi connectivity index (χ4n) is 0.423. The predicted octanol–water partition coefficient (Wildman–Crippen LogP) is -0.758. The van der Waals surface area contributed by atoms with Gasteiger partial charge < -0.3 is 5.73 Å². The Kier molecular flexibility index (Phi) is 9.08. The minimum atomic E-state index is -3.85. The van der Waals surface area contributed by atoms with E-state index in [1.165, 1.54) is 0 Å². The Hall–Kier alpha value is 0.730. The van der Waals surface area contributed by atoms with Crippen LogP contribution in [0.2, 0.25) is 0 Å². The number of nitrogens with two attached hydrogens (primary N) is 1. The van der Waals surface area contributed by atoms with E-state index in [-0.39, 0.29) is 40.5 Å². The monoisotopic (exact) mass is 222 g/mol. The van der Waals surface area contributed by atoms with Crippen LogP contribution in [0, 0.1) is 5.41 Å². The van der Waals surface area contributed by atoms with E-state index in [9.17, 15) is 8.42 Å². The quantitative estimate of drug-likeness (QED) is 0.191. The summed E-state index contributed by atoms with van der Waals surface area (Å²) < 4.78 is 28.5. The van der Waals surface area contributed by atoms with Gasteiger partial charge in [0.05, 0.1) is 5.75 Å². The summed E-state index contributed by atoms with van der Waals surface area (Å²) in [5.74, 6) is 0.169. The van der Waals surface area contributed by atoms with Crippen molar-refractivity contribution in [2.24, 2.45) is 5.73 Å². The van der Waals surface area contributed by atoms with Crippen molar-refractivity contribution in [3.8, 4) is 0 Å². The average Bonchev–Trinajstić information content (AvgIpc) is 1.78. The standard InChI is InChI=1S/C4H10N2O3S2.Na.H/c5-4(6)10-2-1-3-11(7,8)9;;/h1-3H2,(H3,5,6)(H,7,8,9);;. The molecule has 0 atom stereocenters. The summed E-state index contributed by atoms with van der Waals surface area (Å²) in [6.45, 7) is 0. The summed E-state index contributed by atoms with van der Waals surface area (Å²) in [6, 6.07) is 0. The molecule has 0 saturated carbocycles. The molecule has 0 fully saturated rings. The van der Waals surface area contributed by atoms with E-state index in [1.54, 1.807) is 0 Å². The van der Waals surface area contributed by atoms with Gasteiger partial charge in [-0.05, 0) is 6.42 Å². The SMILES string of the molecule is N=C(N)SCCCS(=O)(=O)O.[NaH]. The Morgan fingerprint density at radius 1 is 1.58 bits per heavy atom. The first-order chi connectivity index (χ1) is 4.92. The molecule has 0 aromatic heterocycles. The number of amidine groups is 1. The molecule has 0 aliphatic heterocycles. The van der Waals surface area contributed by atoms with Gasteiger partial charge in [-0.15, -0.1) is 0 Å². The third kappa shape index (κ3) is 13.3. The summed E-state index contributed by atoms with van der Waals surface area (Å²) in [7, 11) is -3.85. The second kappa shape index (κ2) is 7.16. The minimum absolute atomic E-state index is 0. The first kappa shape index (κ1) is 15.2. The molecule has 5 nitrogen and oxygen atoms in total. The summed E-state index contributed by atoms with van der Waals surface area (Å²) >= 11 is 1.06. The van der Waals surface area contributed by atoms with Crippen LogP contribution in [0.3, 0.4) is 0 Å². The van der Waals surface area contributed by atoms with Crippen LogP contribution < -0.4 is 5.73 Å². The fraction of sp³-hybridized carbons (Fsp3) is 0.750. The molecule has 0 unspecified atom stereocenters. The zero-order valence-electron chi connectivity index (χ0n) is 5.78. The first-order valence-corrected chi connectivity index (χ1v) is 5.43. The topological polar surface area (TPSA) is 104 Å². The molecule has 0 rings (SSSR count). The van der Waals surface area contributed by atoms with Crippen molar-refractivity contribution in [3.05, 3.63) is 0 Å². The molecule has 0 spiro atoms. The maximum atomic E-state index is 10.1. The van der Waals surface area contributed by atoms with Gasteiger partial charge in [0.2, 0.25) is 0 Å². The van der Waals surface area contributed by atoms with Crippen LogP contribution in [-0.4, -0.2) is 59.2 Å². The molecule has 0 saturated heterocycles. The number of rotatable bonds is 4. The van der Waals surface area contributed by atoms with Gasteiger partial charge in [-0.2, -0.15) is 8.42 Å². The van der Waals surface area contributed by atoms with Crippen LogP contribution in [0.15, 0.2) is 0 Å². The third-order valence-corrected chi connectivity index (χ3v) is 2.41. The van der Waals surface area contributed by atoms with Gasteiger partial charge in [-0.3, -0.25) is 9.96 Å². The van der Waals surface area contributed by atoms with Crippen LogP contribution in [-0.2, 0) is 10.1 Å². The molecule has 0 aliphatic rings. The average molecular weight is 222 g/mol. The summed E-state index contributed by atoms with van der Waals surface area (Å²) in [4.78, 5) is 0. The number of hydrogen-bond acceptors (Lipinski definition) is 4. The Morgan fingerprint density at radius 3 is 2.42 bits per heavy atom. The zero-order chi connectivity index (χ0) is 8.91. The summed E-state index contributed by atoms with van der Waals surface area (Å²) in [5, 5.41) is 6.72. The van der Waals surface area contributed by atoms with Crippen molar-refractivity contribution >= 4 is 56.6 Å². The Bertz CT molecular complexity index is 228. The van der Waals surface area contributed by atoms with Gasteiger partial charge >= 0.3 is 29.6 Å². The van der Waals surface area contributed by atoms with Crippen molar-refractivity contribution in [3.63, 3.8) is 0 Å². The van der Waals surface area contributed by atoms with Crippen LogP contribution in [0.5, 0.6) is 0 Å². The molecular formula is C4H11N2NaO3S2. The maximum absolute atomic E-state index is 10.1. The normalized spacial score (nSPS) is 10.4. The van der Waals surface area contributed by atoms with E-state index in [0.717, 1.165) is 11.8 Å². The number of hydrogen-bond donors (Lipinski definition) is 3. The van der Waals surface area contributed by atoms with Gasteiger partial charge in [0, 0.05) is 5.75 Å². The van der Waals surface area contributed by atoms with Gasteiger partial charge in [0.25, 0.3) is 10.1 Å². The Morgan fingerprint density at radius 2 is 2.08 bits per heavy atom. The van der Waals surface area contributed by atoms with E-state index < -0.39 is 10.1 Å². The van der Waals surface area contributed by atoms with Crippen LogP contribution >= 0.6 is 11.8 Å². The predicted molar refractivity (Wildman–Crippen MR) is 52.6 cm³/mol. The second-order valence-electron chi connectivity index (χ2n) is 1.85. The molecular weight excluding hydrogens is 211 g/mol. The van der Waals surface area contributed by atoms with Crippen LogP contribution in [0.25, 0.3) is 0 Å². The molecule has 0 aromatic carbocycles. The Labute approximate surface area is 98.0 Å². The molecule has 0 amide bonds. The zero-order valence-corrected chi connectivity index (χ0v) is 7.41. The van der Waals surface area contributed by atoms with Crippen molar-refractivity contribution in [2.45, 2.75) is 6.42 Å². The molecule has 0 radical (unpaired) electrons. The molecule has 0 bridgehead atoms. The molecule has 4 N–H and O–H groups in total. The summed E-state index contributed by atoms with van der Waals surface area (Å²) in [5.41, 5.74) is 4.98. The van der Waals surface area contributed by atoms with Crippen LogP contribution in [0.1, 0.15) is 6.42 Å². The van der Waals surface area contributed by atoms with Crippen molar-refractivity contribution in [1.29, 1.82) is 5.41 Å². The van der Waals surface area contributed by atoms with Crippen LogP contribution in [0.4, 0.5) is 0 Å². The molecule has 68 valence electrons. The number of nitrogens with one attached hydrogen (secondary N) is 1. The summed E-state index contributed by atoms with van der Waals surface area (Å²) in [6.07, 6.45) is 0.309. The van der Waals surface area contributed by atoms with Crippen molar-refractivity contribution in [2.75, 3.05) is 11.5 Å². The fourth-order valence-corrected chi connectivity index (χ4v) is 1.62. The van der Waals surface area contributed by atoms with Crippen molar-refractivity contribution < 1.29 is 13.0 Å². The van der Waals surface area contributed by atoms with E-state index in [4.69, 9.17) is 15.7 Å². The molecule has 8 heteroatoms. The third-order valence-electron chi connectivity index (χ3n) is 0.804. The number of thioether (sulfide) groups is 1. The van der Waals surface area contributed by atoms with E-state index >= 15 is 0 Å². The van der Waals surface area contributed by atoms with Gasteiger partial charge in [0.15, 0.2) is 5.17 Å². The molecule has 0 aliphatic carbocycles. The molecule has 0 heterocycles. The van der Waals surface area contributed by atoms with Gasteiger partial charge in [-0.25, -0.2) is 0 Å².